The third kappa shape index (κ3) is 4.34. The van der Waals surface area contributed by atoms with Crippen LogP contribution >= 0.6 is 0 Å². The average Bonchev–Trinajstić information content (AvgIpc) is 3.27. The maximum absolute atomic E-state index is 2.52. The SMILES string of the molecule is CCCC1CCC2(CCN(C)C2)C1.CN1CCC2(CCN(C)C2)C1. The molecular weight excluding hydrogens is 294 g/mol. The molecule has 0 amide bonds. The Kier molecular flexibility index (Phi) is 5.94. The minimum atomic E-state index is 0.684. The Labute approximate surface area is 150 Å². The summed E-state index contributed by atoms with van der Waals surface area (Å²) < 4.78 is 0. The molecule has 3 heteroatoms. The molecule has 0 N–H and O–H groups in total. The molecule has 1 aliphatic carbocycles. The van der Waals surface area contributed by atoms with Crippen LogP contribution in [0.2, 0.25) is 0 Å². The first-order valence-electron chi connectivity index (χ1n) is 10.5. The van der Waals surface area contributed by atoms with Gasteiger partial charge in [-0.1, -0.05) is 19.8 Å². The Hall–Kier alpha value is -0.120. The fourth-order valence-corrected chi connectivity index (χ4v) is 6.16. The second-order valence-corrected chi connectivity index (χ2v) is 9.86. The summed E-state index contributed by atoms with van der Waals surface area (Å²) >= 11 is 0. The van der Waals surface area contributed by atoms with E-state index in [4.69, 9.17) is 0 Å². The standard InChI is InChI=1S/C12H23N.C9H18N2/c1-3-4-11-5-6-12(9-11)7-8-13(2)10-12;1-10-5-3-9(7-10)4-6-11(2)8-9/h11H,3-10H2,1-2H3;3-8H2,1-2H3. The predicted molar refractivity (Wildman–Crippen MR) is 103 cm³/mol. The van der Waals surface area contributed by atoms with Crippen molar-refractivity contribution in [2.24, 2.45) is 16.7 Å². The van der Waals surface area contributed by atoms with Crippen molar-refractivity contribution >= 4 is 0 Å². The van der Waals surface area contributed by atoms with E-state index in [1.54, 1.807) is 0 Å². The maximum Gasteiger partial charge on any atom is 0.00481 e. The maximum atomic E-state index is 2.52. The molecule has 0 bridgehead atoms. The van der Waals surface area contributed by atoms with Gasteiger partial charge in [0.25, 0.3) is 0 Å². The molecule has 4 aliphatic rings. The lowest BCUT2D eigenvalue weighted by molar-refractivity contribution is 0.276. The first kappa shape index (κ1) is 18.7. The van der Waals surface area contributed by atoms with Crippen molar-refractivity contribution in [1.82, 2.24) is 14.7 Å². The number of likely N-dealkylation sites (tertiary alicyclic amines) is 3. The van der Waals surface area contributed by atoms with E-state index in [1.165, 1.54) is 90.6 Å². The summed E-state index contributed by atoms with van der Waals surface area (Å²) in [7, 11) is 6.77. The zero-order chi connectivity index (χ0) is 17.2. The van der Waals surface area contributed by atoms with Gasteiger partial charge in [-0.3, -0.25) is 0 Å². The monoisotopic (exact) mass is 335 g/mol. The lowest BCUT2D eigenvalue weighted by atomic mass is 9.84. The Morgan fingerprint density at radius 1 is 0.750 bits per heavy atom. The van der Waals surface area contributed by atoms with E-state index in [0.717, 1.165) is 11.3 Å². The van der Waals surface area contributed by atoms with Crippen LogP contribution < -0.4 is 0 Å². The smallest absolute Gasteiger partial charge is 0.00481 e. The van der Waals surface area contributed by atoms with Crippen LogP contribution in [0.4, 0.5) is 0 Å². The highest BCUT2D eigenvalue weighted by molar-refractivity contribution is 4.96. The third-order valence-corrected chi connectivity index (χ3v) is 7.39. The second-order valence-electron chi connectivity index (χ2n) is 9.86. The summed E-state index contributed by atoms with van der Waals surface area (Å²) in [5.41, 5.74) is 1.44. The van der Waals surface area contributed by atoms with Crippen LogP contribution in [0.15, 0.2) is 0 Å². The Balaban J connectivity index is 0.000000143. The minimum Gasteiger partial charge on any atom is -0.306 e. The topological polar surface area (TPSA) is 9.72 Å². The molecule has 140 valence electrons. The zero-order valence-electron chi connectivity index (χ0n) is 16.8. The minimum absolute atomic E-state index is 0.684. The summed E-state index contributed by atoms with van der Waals surface area (Å²) in [4.78, 5) is 7.46. The highest BCUT2D eigenvalue weighted by Crippen LogP contribution is 2.48. The van der Waals surface area contributed by atoms with Gasteiger partial charge in [0.1, 0.15) is 0 Å². The molecule has 0 aromatic heterocycles. The van der Waals surface area contributed by atoms with Crippen LogP contribution in [0.25, 0.3) is 0 Å². The zero-order valence-corrected chi connectivity index (χ0v) is 16.8. The van der Waals surface area contributed by atoms with Gasteiger partial charge < -0.3 is 14.7 Å². The molecule has 24 heavy (non-hydrogen) atoms. The highest BCUT2D eigenvalue weighted by Gasteiger charge is 2.42. The van der Waals surface area contributed by atoms with Gasteiger partial charge in [-0.05, 0) is 96.1 Å². The van der Waals surface area contributed by atoms with Crippen LogP contribution in [0, 0.1) is 16.7 Å². The molecular formula is C21H41N3. The lowest BCUT2D eigenvalue weighted by Gasteiger charge is -2.23. The summed E-state index contributed by atoms with van der Waals surface area (Å²) in [5, 5.41) is 0. The largest absolute Gasteiger partial charge is 0.306 e. The van der Waals surface area contributed by atoms with E-state index in [1.807, 2.05) is 0 Å². The lowest BCUT2D eigenvalue weighted by Crippen LogP contribution is -2.27. The average molecular weight is 336 g/mol. The summed E-state index contributed by atoms with van der Waals surface area (Å²) in [5.74, 6) is 1.07. The van der Waals surface area contributed by atoms with Gasteiger partial charge in [0, 0.05) is 19.6 Å². The first-order valence-corrected chi connectivity index (χ1v) is 10.5. The number of hydrogen-bond donors (Lipinski definition) is 0. The molecule has 2 atom stereocenters. The van der Waals surface area contributed by atoms with E-state index in [0.29, 0.717) is 5.41 Å². The van der Waals surface area contributed by atoms with E-state index >= 15 is 0 Å². The molecule has 0 aromatic rings. The predicted octanol–water partition coefficient (Wildman–Crippen LogP) is 3.55. The number of rotatable bonds is 2. The molecule has 2 unspecified atom stereocenters. The molecule has 3 heterocycles. The van der Waals surface area contributed by atoms with E-state index < -0.39 is 0 Å². The molecule has 3 nitrogen and oxygen atoms in total. The molecule has 3 aliphatic heterocycles. The normalized spacial score (nSPS) is 36.8. The van der Waals surface area contributed by atoms with Crippen LogP contribution in [-0.4, -0.2) is 75.1 Å². The van der Waals surface area contributed by atoms with Crippen molar-refractivity contribution in [3.05, 3.63) is 0 Å². The van der Waals surface area contributed by atoms with E-state index in [2.05, 4.69) is 42.8 Å². The van der Waals surface area contributed by atoms with Crippen molar-refractivity contribution in [3.8, 4) is 0 Å². The van der Waals surface area contributed by atoms with Gasteiger partial charge in [0.05, 0.1) is 0 Å². The Morgan fingerprint density at radius 2 is 1.25 bits per heavy atom. The fourth-order valence-electron chi connectivity index (χ4n) is 6.16. The van der Waals surface area contributed by atoms with Crippen LogP contribution in [-0.2, 0) is 0 Å². The van der Waals surface area contributed by atoms with Gasteiger partial charge in [-0.2, -0.15) is 0 Å². The van der Waals surface area contributed by atoms with Gasteiger partial charge in [0.2, 0.25) is 0 Å². The van der Waals surface area contributed by atoms with E-state index in [9.17, 15) is 0 Å². The van der Waals surface area contributed by atoms with Crippen molar-refractivity contribution in [2.75, 3.05) is 60.4 Å². The first-order chi connectivity index (χ1) is 11.4. The molecule has 3 saturated heterocycles. The molecule has 4 fully saturated rings. The van der Waals surface area contributed by atoms with Gasteiger partial charge in [-0.25, -0.2) is 0 Å². The van der Waals surface area contributed by atoms with Crippen LogP contribution in [0.1, 0.15) is 58.3 Å². The summed E-state index contributed by atoms with van der Waals surface area (Å²) in [6.07, 6.45) is 11.8. The molecule has 4 rings (SSSR count). The molecule has 0 aromatic carbocycles. The summed E-state index contributed by atoms with van der Waals surface area (Å²) in [6, 6.07) is 0. The third-order valence-electron chi connectivity index (χ3n) is 7.39. The van der Waals surface area contributed by atoms with Gasteiger partial charge >= 0.3 is 0 Å². The van der Waals surface area contributed by atoms with Gasteiger partial charge in [-0.15, -0.1) is 0 Å². The Bertz CT molecular complexity index is 392. The quantitative estimate of drug-likeness (QED) is 0.764. The van der Waals surface area contributed by atoms with E-state index in [-0.39, 0.29) is 0 Å². The summed E-state index contributed by atoms with van der Waals surface area (Å²) in [6.45, 7) is 10.3. The number of nitrogens with zero attached hydrogens (tertiary/aromatic N) is 3. The molecule has 0 radical (unpaired) electrons. The fraction of sp³-hybridized carbons (Fsp3) is 1.00. The van der Waals surface area contributed by atoms with Crippen LogP contribution in [0.5, 0.6) is 0 Å². The highest BCUT2D eigenvalue weighted by atomic mass is 15.2. The Morgan fingerprint density at radius 3 is 1.67 bits per heavy atom. The molecule has 1 saturated carbocycles. The number of hydrogen-bond acceptors (Lipinski definition) is 3. The molecule has 2 spiro atoms. The van der Waals surface area contributed by atoms with Crippen LogP contribution in [0.3, 0.4) is 0 Å². The van der Waals surface area contributed by atoms with Crippen molar-refractivity contribution in [1.29, 1.82) is 0 Å². The van der Waals surface area contributed by atoms with Gasteiger partial charge in [0.15, 0.2) is 0 Å². The van der Waals surface area contributed by atoms with Crippen molar-refractivity contribution in [3.63, 3.8) is 0 Å². The van der Waals surface area contributed by atoms with Crippen molar-refractivity contribution in [2.45, 2.75) is 58.3 Å². The second kappa shape index (κ2) is 7.63. The van der Waals surface area contributed by atoms with Crippen molar-refractivity contribution < 1.29 is 0 Å².